The fourth-order valence-corrected chi connectivity index (χ4v) is 1.82. The van der Waals surface area contributed by atoms with Gasteiger partial charge in [0.05, 0.1) is 24.3 Å². The summed E-state index contributed by atoms with van der Waals surface area (Å²) in [5, 5.41) is 35.6. The third-order valence-electron chi connectivity index (χ3n) is 2.79. The Hall–Kier alpha value is -2.82. The van der Waals surface area contributed by atoms with Crippen LogP contribution in [0.5, 0.6) is 0 Å². The van der Waals surface area contributed by atoms with Gasteiger partial charge in [-0.3, -0.25) is 0 Å². The van der Waals surface area contributed by atoms with Crippen LogP contribution in [0.4, 0.5) is 0 Å². The molecule has 0 aliphatic carbocycles. The molecule has 0 unspecified atom stereocenters. The van der Waals surface area contributed by atoms with Gasteiger partial charge < -0.3 is 0 Å². The van der Waals surface area contributed by atoms with E-state index in [1.807, 2.05) is 24.3 Å². The molecule has 0 heterocycles. The average Bonchev–Trinajstić information content (AvgIpc) is 2.37. The Bertz CT molecular complexity index is 546. The van der Waals surface area contributed by atoms with Crippen LogP contribution in [0.1, 0.15) is 34.1 Å². The summed E-state index contributed by atoms with van der Waals surface area (Å²) in [7, 11) is 0. The van der Waals surface area contributed by atoms with Crippen molar-refractivity contribution in [1.29, 1.82) is 21.0 Å². The highest BCUT2D eigenvalue weighted by Crippen LogP contribution is 2.27. The minimum absolute atomic E-state index is 0.635. The first-order chi connectivity index (χ1) is 8.58. The minimum atomic E-state index is -0.819. The van der Waals surface area contributed by atoms with Crippen LogP contribution in [-0.2, 0) is 0 Å². The Labute approximate surface area is 106 Å². The number of hydrogen-bond donors (Lipinski definition) is 0. The van der Waals surface area contributed by atoms with Crippen LogP contribution >= 0.6 is 0 Å². The van der Waals surface area contributed by atoms with E-state index < -0.39 is 11.8 Å². The van der Waals surface area contributed by atoms with Crippen molar-refractivity contribution >= 4 is 0 Å². The van der Waals surface area contributed by atoms with Gasteiger partial charge in [0.25, 0.3) is 0 Å². The van der Waals surface area contributed by atoms with Crippen LogP contribution < -0.4 is 0 Å². The Morgan fingerprint density at radius 1 is 0.722 bits per heavy atom. The van der Waals surface area contributed by atoms with Crippen molar-refractivity contribution in [2.24, 2.45) is 0 Å². The van der Waals surface area contributed by atoms with Gasteiger partial charge in [-0.1, -0.05) is 12.1 Å². The number of aryl methyl sites for hydroxylation is 2. The van der Waals surface area contributed by atoms with Crippen LogP contribution in [0.15, 0.2) is 12.1 Å². The summed E-state index contributed by atoms with van der Waals surface area (Å²) in [4.78, 5) is 0. The molecule has 0 N–H and O–H groups in total. The van der Waals surface area contributed by atoms with E-state index in [-0.39, 0.29) is 0 Å². The molecule has 18 heavy (non-hydrogen) atoms. The lowest BCUT2D eigenvalue weighted by Crippen LogP contribution is -2.02. The predicted molar refractivity (Wildman–Crippen MR) is 63.9 cm³/mol. The van der Waals surface area contributed by atoms with Crippen molar-refractivity contribution in [3.05, 3.63) is 34.4 Å². The molecule has 0 fully saturated rings. The van der Waals surface area contributed by atoms with Crippen molar-refractivity contribution in [3.8, 4) is 24.3 Å². The average molecular weight is 234 g/mol. The van der Waals surface area contributed by atoms with E-state index in [4.69, 9.17) is 21.0 Å². The van der Waals surface area contributed by atoms with Crippen LogP contribution in [0.25, 0.3) is 0 Å². The van der Waals surface area contributed by atoms with Gasteiger partial charge in [0.15, 0.2) is 11.8 Å². The van der Waals surface area contributed by atoms with Gasteiger partial charge >= 0.3 is 0 Å². The molecule has 4 nitrogen and oxygen atoms in total. The first-order valence-electron chi connectivity index (χ1n) is 5.28. The molecule has 86 valence electrons. The third-order valence-corrected chi connectivity index (χ3v) is 2.79. The molecule has 4 heteroatoms. The van der Waals surface area contributed by atoms with Crippen molar-refractivity contribution in [2.45, 2.75) is 25.7 Å². The van der Waals surface area contributed by atoms with Crippen LogP contribution in [0.3, 0.4) is 0 Å². The third kappa shape index (κ3) is 2.30. The van der Waals surface area contributed by atoms with Gasteiger partial charge in [0, 0.05) is 0 Å². The molecule has 0 saturated carbocycles. The van der Waals surface area contributed by atoms with Crippen molar-refractivity contribution in [1.82, 2.24) is 0 Å². The second-order valence-corrected chi connectivity index (χ2v) is 3.95. The van der Waals surface area contributed by atoms with Gasteiger partial charge in [-0.25, -0.2) is 0 Å². The SMILES string of the molecule is Cc1cc(C(C#N)C#N)c(C)cc1C(C#N)C#N. The fourth-order valence-electron chi connectivity index (χ4n) is 1.82. The maximum absolute atomic E-state index is 8.89. The quantitative estimate of drug-likeness (QED) is 0.785. The van der Waals surface area contributed by atoms with E-state index in [0.29, 0.717) is 11.1 Å². The van der Waals surface area contributed by atoms with Crippen molar-refractivity contribution in [3.63, 3.8) is 0 Å². The van der Waals surface area contributed by atoms with Gasteiger partial charge in [0.1, 0.15) is 0 Å². The number of nitriles is 4. The van der Waals surface area contributed by atoms with Gasteiger partial charge in [-0.05, 0) is 36.1 Å². The van der Waals surface area contributed by atoms with Gasteiger partial charge in [0.2, 0.25) is 0 Å². The van der Waals surface area contributed by atoms with Crippen molar-refractivity contribution in [2.75, 3.05) is 0 Å². The fraction of sp³-hybridized carbons (Fsp3) is 0.286. The zero-order chi connectivity index (χ0) is 13.7. The monoisotopic (exact) mass is 234 g/mol. The van der Waals surface area contributed by atoms with E-state index in [2.05, 4.69) is 0 Å². The lowest BCUT2D eigenvalue weighted by atomic mass is 9.88. The molecule has 0 aliphatic rings. The van der Waals surface area contributed by atoms with E-state index in [9.17, 15) is 0 Å². The Balaban J connectivity index is 3.41. The molecule has 0 saturated heterocycles. The smallest absolute Gasteiger partial charge is 0.158 e. The molecule has 0 radical (unpaired) electrons. The Morgan fingerprint density at radius 2 is 1.00 bits per heavy atom. The summed E-state index contributed by atoms with van der Waals surface area (Å²) in [6, 6.07) is 11.1. The van der Waals surface area contributed by atoms with Crippen molar-refractivity contribution < 1.29 is 0 Å². The van der Waals surface area contributed by atoms with Crippen LogP contribution in [0, 0.1) is 59.2 Å². The summed E-state index contributed by atoms with van der Waals surface area (Å²) >= 11 is 0. The molecule has 1 rings (SSSR count). The molecule has 1 aromatic carbocycles. The lowest BCUT2D eigenvalue weighted by molar-refractivity contribution is 1.03. The zero-order valence-corrected chi connectivity index (χ0v) is 10.1. The van der Waals surface area contributed by atoms with Gasteiger partial charge in [-0.15, -0.1) is 0 Å². The molecule has 1 aromatic rings. The van der Waals surface area contributed by atoms with E-state index in [1.54, 1.807) is 26.0 Å². The van der Waals surface area contributed by atoms with E-state index >= 15 is 0 Å². The maximum atomic E-state index is 8.89. The van der Waals surface area contributed by atoms with E-state index in [0.717, 1.165) is 11.1 Å². The highest BCUT2D eigenvalue weighted by atomic mass is 14.3. The first-order valence-corrected chi connectivity index (χ1v) is 5.28. The van der Waals surface area contributed by atoms with Crippen LogP contribution in [-0.4, -0.2) is 0 Å². The molecule has 0 aliphatic heterocycles. The maximum Gasteiger partial charge on any atom is 0.158 e. The van der Waals surface area contributed by atoms with Gasteiger partial charge in [-0.2, -0.15) is 21.0 Å². The minimum Gasteiger partial charge on any atom is -0.196 e. The summed E-state index contributed by atoms with van der Waals surface area (Å²) in [6.07, 6.45) is 0. The summed E-state index contributed by atoms with van der Waals surface area (Å²) in [5.41, 5.74) is 2.77. The largest absolute Gasteiger partial charge is 0.196 e. The number of benzene rings is 1. The second kappa shape index (κ2) is 5.49. The molecule has 0 bridgehead atoms. The highest BCUT2D eigenvalue weighted by molar-refractivity contribution is 5.47. The number of rotatable bonds is 2. The summed E-state index contributed by atoms with van der Waals surface area (Å²) < 4.78 is 0. The summed E-state index contributed by atoms with van der Waals surface area (Å²) in [5.74, 6) is -1.64. The van der Waals surface area contributed by atoms with Crippen LogP contribution in [0.2, 0.25) is 0 Å². The Kier molecular flexibility index (Phi) is 4.04. The normalized spacial score (nSPS) is 9.33. The zero-order valence-electron chi connectivity index (χ0n) is 10.1. The topological polar surface area (TPSA) is 95.2 Å². The molecule has 0 amide bonds. The molecule has 0 spiro atoms. The molecule has 0 aromatic heterocycles. The van der Waals surface area contributed by atoms with E-state index in [1.165, 1.54) is 0 Å². The molecular weight excluding hydrogens is 224 g/mol. The molecule has 0 atom stereocenters. The second-order valence-electron chi connectivity index (χ2n) is 3.95. The highest BCUT2D eigenvalue weighted by Gasteiger charge is 2.18. The molecular formula is C14H10N4. The lowest BCUT2D eigenvalue weighted by Gasteiger charge is -2.12. The first kappa shape index (κ1) is 13.2. The standard InChI is InChI=1S/C14H10N4/c1-9-3-14(12(7-17)8-18)10(2)4-13(9)11(5-15)6-16/h3-4,11-12H,1-2H3. The predicted octanol–water partition coefficient (Wildman–Crippen LogP) is 2.56. The summed E-state index contributed by atoms with van der Waals surface area (Å²) in [6.45, 7) is 3.54. The number of hydrogen-bond acceptors (Lipinski definition) is 4. The number of nitrogens with zero attached hydrogens (tertiary/aromatic N) is 4. The Morgan fingerprint density at radius 3 is 1.22 bits per heavy atom.